The zero-order chi connectivity index (χ0) is 19.2. The second-order valence-electron chi connectivity index (χ2n) is 5.98. The quantitative estimate of drug-likeness (QED) is 0.559. The molecular formula is C18H26N4O2S2. The van der Waals surface area contributed by atoms with E-state index in [1.807, 2.05) is 25.1 Å². The molecule has 2 aromatic rings. The van der Waals surface area contributed by atoms with Crippen molar-refractivity contribution < 1.29 is 8.42 Å². The van der Waals surface area contributed by atoms with Crippen molar-refractivity contribution in [3.05, 3.63) is 52.4 Å². The molecule has 0 bridgehead atoms. The lowest BCUT2D eigenvalue weighted by Gasteiger charge is -2.11. The summed E-state index contributed by atoms with van der Waals surface area (Å²) in [7, 11) is -0.305. The van der Waals surface area contributed by atoms with Gasteiger partial charge in [-0.3, -0.25) is 0 Å². The second-order valence-corrected chi connectivity index (χ2v) is 9.53. The normalized spacial score (nSPS) is 12.4. The highest BCUT2D eigenvalue weighted by Crippen LogP contribution is 2.23. The number of hydrogen-bond acceptors (Lipinski definition) is 4. The fraction of sp³-hybridized carbons (Fsp3) is 0.389. The first kappa shape index (κ1) is 20.4. The summed E-state index contributed by atoms with van der Waals surface area (Å²) in [6.45, 7) is 5.95. The third-order valence-electron chi connectivity index (χ3n) is 3.82. The van der Waals surface area contributed by atoms with E-state index in [0.29, 0.717) is 23.3 Å². The molecule has 0 aliphatic rings. The van der Waals surface area contributed by atoms with Gasteiger partial charge in [-0.05, 0) is 37.1 Å². The highest BCUT2D eigenvalue weighted by Gasteiger charge is 2.19. The summed E-state index contributed by atoms with van der Waals surface area (Å²) < 4.78 is 25.9. The summed E-state index contributed by atoms with van der Waals surface area (Å²) >= 11 is 1.27. The van der Waals surface area contributed by atoms with E-state index < -0.39 is 10.0 Å². The van der Waals surface area contributed by atoms with Crippen LogP contribution in [0.15, 0.2) is 45.6 Å². The first-order valence-corrected chi connectivity index (χ1v) is 10.7. The van der Waals surface area contributed by atoms with E-state index in [4.69, 9.17) is 0 Å². The summed E-state index contributed by atoms with van der Waals surface area (Å²) in [5.74, 6) is 0.709. The molecule has 2 rings (SSSR count). The van der Waals surface area contributed by atoms with Crippen molar-refractivity contribution in [3.63, 3.8) is 0 Å². The van der Waals surface area contributed by atoms with Crippen LogP contribution in [-0.4, -0.2) is 39.3 Å². The predicted octanol–water partition coefficient (Wildman–Crippen LogP) is 2.56. The van der Waals surface area contributed by atoms with E-state index in [2.05, 4.69) is 34.7 Å². The van der Waals surface area contributed by atoms with E-state index in [9.17, 15) is 8.42 Å². The third kappa shape index (κ3) is 5.30. The van der Waals surface area contributed by atoms with Crippen molar-refractivity contribution >= 4 is 27.3 Å². The summed E-state index contributed by atoms with van der Waals surface area (Å²) in [6.07, 6.45) is 0. The minimum absolute atomic E-state index is 0.348. The van der Waals surface area contributed by atoms with E-state index in [1.54, 1.807) is 6.07 Å². The Morgan fingerprint density at radius 1 is 1.15 bits per heavy atom. The SMILES string of the molecule is CCNC(=NCc1ccccc1C)NCc1ccc(S(=O)(=O)N(C)C)s1. The molecule has 0 fully saturated rings. The van der Waals surface area contributed by atoms with Crippen LogP contribution in [0.3, 0.4) is 0 Å². The number of nitrogens with one attached hydrogen (secondary N) is 2. The molecule has 0 unspecified atom stereocenters. The Kier molecular flexibility index (Phi) is 7.19. The fourth-order valence-electron chi connectivity index (χ4n) is 2.24. The molecule has 1 aromatic heterocycles. The molecule has 0 radical (unpaired) electrons. The van der Waals surface area contributed by atoms with Gasteiger partial charge in [-0.1, -0.05) is 24.3 Å². The Morgan fingerprint density at radius 2 is 1.88 bits per heavy atom. The maximum Gasteiger partial charge on any atom is 0.252 e. The fourth-order valence-corrected chi connectivity index (χ4v) is 4.70. The largest absolute Gasteiger partial charge is 0.357 e. The van der Waals surface area contributed by atoms with Gasteiger partial charge in [-0.15, -0.1) is 11.3 Å². The van der Waals surface area contributed by atoms with Crippen LogP contribution >= 0.6 is 11.3 Å². The molecule has 0 atom stereocenters. The predicted molar refractivity (Wildman–Crippen MR) is 108 cm³/mol. The number of aliphatic imine (C=N–C) groups is 1. The third-order valence-corrected chi connectivity index (χ3v) is 7.18. The minimum Gasteiger partial charge on any atom is -0.357 e. The zero-order valence-corrected chi connectivity index (χ0v) is 17.2. The van der Waals surface area contributed by atoms with Gasteiger partial charge >= 0.3 is 0 Å². The molecule has 0 saturated heterocycles. The van der Waals surface area contributed by atoms with Crippen LogP contribution in [0.4, 0.5) is 0 Å². The number of aryl methyl sites for hydroxylation is 1. The number of sulfonamides is 1. The molecule has 8 heteroatoms. The number of benzene rings is 1. The number of hydrogen-bond donors (Lipinski definition) is 2. The summed E-state index contributed by atoms with van der Waals surface area (Å²) in [6, 6.07) is 11.6. The van der Waals surface area contributed by atoms with Crippen molar-refractivity contribution in [2.45, 2.75) is 31.1 Å². The van der Waals surface area contributed by atoms with Crippen molar-refractivity contribution in [2.75, 3.05) is 20.6 Å². The van der Waals surface area contributed by atoms with Gasteiger partial charge in [0.05, 0.1) is 13.1 Å². The molecular weight excluding hydrogens is 368 g/mol. The summed E-state index contributed by atoms with van der Waals surface area (Å²) in [4.78, 5) is 5.55. The van der Waals surface area contributed by atoms with Gasteiger partial charge in [0.1, 0.15) is 4.21 Å². The molecule has 0 aliphatic heterocycles. The molecule has 0 saturated carbocycles. The standard InChI is InChI=1S/C18H26N4O2S2/c1-5-19-18(20-12-15-9-7-6-8-14(15)2)21-13-16-10-11-17(25-16)26(23,24)22(3)4/h6-11H,5,12-13H2,1-4H3,(H2,19,20,21). The smallest absolute Gasteiger partial charge is 0.252 e. The van der Waals surface area contributed by atoms with Crippen molar-refractivity contribution in [1.82, 2.24) is 14.9 Å². The van der Waals surface area contributed by atoms with Crippen LogP contribution in [0, 0.1) is 6.92 Å². The van der Waals surface area contributed by atoms with Gasteiger partial charge in [-0.2, -0.15) is 0 Å². The molecule has 142 valence electrons. The number of guanidine groups is 1. The van der Waals surface area contributed by atoms with Crippen molar-refractivity contribution in [1.29, 1.82) is 0 Å². The lowest BCUT2D eigenvalue weighted by Crippen LogP contribution is -2.36. The van der Waals surface area contributed by atoms with Crippen LogP contribution in [0.2, 0.25) is 0 Å². The first-order valence-electron chi connectivity index (χ1n) is 8.42. The summed E-state index contributed by atoms with van der Waals surface area (Å²) in [5.41, 5.74) is 2.39. The average Bonchev–Trinajstić information content (AvgIpc) is 3.08. The molecule has 1 heterocycles. The highest BCUT2D eigenvalue weighted by atomic mass is 32.2. The van der Waals surface area contributed by atoms with Crippen LogP contribution in [0.1, 0.15) is 22.9 Å². The Balaban J connectivity index is 2.04. The van der Waals surface area contributed by atoms with E-state index >= 15 is 0 Å². The summed E-state index contributed by atoms with van der Waals surface area (Å²) in [5, 5.41) is 6.48. The maximum atomic E-state index is 12.2. The molecule has 0 aliphatic carbocycles. The van der Waals surface area contributed by atoms with Crippen molar-refractivity contribution in [3.8, 4) is 0 Å². The number of nitrogens with zero attached hydrogens (tertiary/aromatic N) is 2. The Hall–Kier alpha value is -1.90. The van der Waals surface area contributed by atoms with Crippen LogP contribution in [0.5, 0.6) is 0 Å². The van der Waals surface area contributed by atoms with E-state index in [1.165, 1.54) is 40.9 Å². The van der Waals surface area contributed by atoms with Crippen LogP contribution in [0.25, 0.3) is 0 Å². The van der Waals surface area contributed by atoms with E-state index in [-0.39, 0.29) is 0 Å². The topological polar surface area (TPSA) is 73.8 Å². The van der Waals surface area contributed by atoms with Crippen LogP contribution < -0.4 is 10.6 Å². The van der Waals surface area contributed by atoms with Crippen molar-refractivity contribution in [2.24, 2.45) is 4.99 Å². The highest BCUT2D eigenvalue weighted by molar-refractivity contribution is 7.91. The Morgan fingerprint density at radius 3 is 2.54 bits per heavy atom. The first-order chi connectivity index (χ1) is 12.3. The lowest BCUT2D eigenvalue weighted by atomic mass is 10.1. The second kappa shape index (κ2) is 9.16. The molecule has 26 heavy (non-hydrogen) atoms. The maximum absolute atomic E-state index is 12.2. The van der Waals surface area contributed by atoms with Gasteiger partial charge in [-0.25, -0.2) is 17.7 Å². The van der Waals surface area contributed by atoms with Gasteiger partial charge in [0, 0.05) is 25.5 Å². The Bertz CT molecular complexity index is 858. The average molecular weight is 395 g/mol. The Labute approximate surface area is 160 Å². The van der Waals surface area contributed by atoms with Gasteiger partial charge in [0.25, 0.3) is 10.0 Å². The van der Waals surface area contributed by atoms with Gasteiger partial charge in [0.2, 0.25) is 0 Å². The van der Waals surface area contributed by atoms with Gasteiger partial charge in [0.15, 0.2) is 5.96 Å². The van der Waals surface area contributed by atoms with Gasteiger partial charge < -0.3 is 10.6 Å². The monoisotopic (exact) mass is 394 g/mol. The number of thiophene rings is 1. The molecule has 1 aromatic carbocycles. The molecule has 0 spiro atoms. The molecule has 2 N–H and O–H groups in total. The molecule has 0 amide bonds. The van der Waals surface area contributed by atoms with E-state index in [0.717, 1.165) is 11.4 Å². The lowest BCUT2D eigenvalue weighted by molar-refractivity contribution is 0.523. The minimum atomic E-state index is -3.38. The molecule has 6 nitrogen and oxygen atoms in total. The van der Waals surface area contributed by atoms with Crippen LogP contribution in [-0.2, 0) is 23.1 Å². The zero-order valence-electron chi connectivity index (χ0n) is 15.6. The number of rotatable bonds is 7.